The molecule has 2 amide bonds. The summed E-state index contributed by atoms with van der Waals surface area (Å²) in [7, 11) is 3.12. The number of carbonyl (C=O) groups is 2. The summed E-state index contributed by atoms with van der Waals surface area (Å²) in [5.41, 5.74) is 2.07. The van der Waals surface area contributed by atoms with Crippen LogP contribution in [0, 0.1) is 13.8 Å². The minimum Gasteiger partial charge on any atom is -0.343 e. The molecule has 3 rings (SSSR count). The number of amides is 2. The normalized spacial score (nSPS) is 14.0. The highest BCUT2D eigenvalue weighted by Crippen LogP contribution is 2.27. The second kappa shape index (κ2) is 8.37. The smallest absolute Gasteiger partial charge is 0.343 e. The zero-order valence-electron chi connectivity index (χ0n) is 17.3. The SMILES string of the molecule is Cc1nc(C)c(CC(=O)N2CCc3c(c(C(=O)N(C)C)nn3CCC(F)(F)F)C2)s1. The van der Waals surface area contributed by atoms with E-state index in [1.165, 1.54) is 20.9 Å². The Balaban J connectivity index is 1.84. The second-order valence-electron chi connectivity index (χ2n) is 7.55. The van der Waals surface area contributed by atoms with Crippen molar-refractivity contribution in [3.63, 3.8) is 0 Å². The van der Waals surface area contributed by atoms with Gasteiger partial charge < -0.3 is 9.80 Å². The van der Waals surface area contributed by atoms with Crippen molar-refractivity contribution >= 4 is 23.2 Å². The highest BCUT2D eigenvalue weighted by Gasteiger charge is 2.33. The average molecular weight is 443 g/mol. The molecule has 2 aromatic heterocycles. The van der Waals surface area contributed by atoms with Crippen LogP contribution in [-0.2, 0) is 30.7 Å². The van der Waals surface area contributed by atoms with Gasteiger partial charge >= 0.3 is 6.18 Å². The molecule has 0 saturated heterocycles. The van der Waals surface area contributed by atoms with E-state index >= 15 is 0 Å². The molecule has 0 unspecified atom stereocenters. The van der Waals surface area contributed by atoms with Gasteiger partial charge in [-0.2, -0.15) is 18.3 Å². The number of carbonyl (C=O) groups excluding carboxylic acids is 2. The molecule has 2 aromatic rings. The number of alkyl halides is 3. The number of aromatic nitrogens is 3. The number of nitrogens with zero attached hydrogens (tertiary/aromatic N) is 5. The Hall–Kier alpha value is -2.43. The summed E-state index contributed by atoms with van der Waals surface area (Å²) in [6.07, 6.45) is -4.77. The fourth-order valence-corrected chi connectivity index (χ4v) is 4.42. The second-order valence-corrected chi connectivity index (χ2v) is 8.83. The first kappa shape index (κ1) is 22.3. The average Bonchev–Trinajstić information content (AvgIpc) is 3.17. The monoisotopic (exact) mass is 443 g/mol. The molecule has 1 aliphatic heterocycles. The van der Waals surface area contributed by atoms with E-state index < -0.39 is 12.6 Å². The summed E-state index contributed by atoms with van der Waals surface area (Å²) >= 11 is 1.47. The van der Waals surface area contributed by atoms with Crippen LogP contribution in [-0.4, -0.2) is 63.2 Å². The third-order valence-electron chi connectivity index (χ3n) is 5.01. The predicted octanol–water partition coefficient (Wildman–Crippen LogP) is 2.74. The van der Waals surface area contributed by atoms with Gasteiger partial charge in [-0.05, 0) is 13.8 Å². The highest BCUT2D eigenvalue weighted by molar-refractivity contribution is 7.11. The van der Waals surface area contributed by atoms with Gasteiger partial charge in [0.25, 0.3) is 5.91 Å². The molecule has 0 fully saturated rings. The van der Waals surface area contributed by atoms with Crippen molar-refractivity contribution in [3.8, 4) is 0 Å². The van der Waals surface area contributed by atoms with Crippen LogP contribution in [0.2, 0.25) is 0 Å². The van der Waals surface area contributed by atoms with Crippen molar-refractivity contribution in [2.75, 3.05) is 20.6 Å². The third-order valence-corrected chi connectivity index (χ3v) is 6.09. The summed E-state index contributed by atoms with van der Waals surface area (Å²) in [6.45, 7) is 3.92. The Kier molecular flexibility index (Phi) is 6.21. The number of hydrogen-bond donors (Lipinski definition) is 0. The standard InChI is InChI=1S/C19H24F3N5O2S/c1-11-15(30-12(2)23-11)9-16(28)26-7-5-14-13(10-26)17(18(29)25(3)4)24-27(14)8-6-19(20,21)22/h5-10H2,1-4H3. The molecular formula is C19H24F3N5O2S. The lowest BCUT2D eigenvalue weighted by molar-refractivity contribution is -0.137. The number of hydrogen-bond acceptors (Lipinski definition) is 5. The van der Waals surface area contributed by atoms with Crippen LogP contribution in [0.3, 0.4) is 0 Å². The molecule has 11 heteroatoms. The van der Waals surface area contributed by atoms with Gasteiger partial charge in [-0.1, -0.05) is 0 Å². The first-order valence-corrected chi connectivity index (χ1v) is 10.4. The number of fused-ring (bicyclic) bond motifs is 1. The Labute approximate surface area is 176 Å². The topological polar surface area (TPSA) is 71.3 Å². The Morgan fingerprint density at radius 3 is 2.50 bits per heavy atom. The summed E-state index contributed by atoms with van der Waals surface area (Å²) in [5, 5.41) is 5.08. The summed E-state index contributed by atoms with van der Waals surface area (Å²) in [5.74, 6) is -0.487. The van der Waals surface area contributed by atoms with E-state index in [-0.39, 0.29) is 37.0 Å². The number of thiazole rings is 1. The van der Waals surface area contributed by atoms with Gasteiger partial charge in [-0.15, -0.1) is 11.3 Å². The summed E-state index contributed by atoms with van der Waals surface area (Å²) in [4.78, 5) is 33.6. The molecule has 0 saturated carbocycles. The van der Waals surface area contributed by atoms with Crippen molar-refractivity contribution in [1.82, 2.24) is 24.6 Å². The van der Waals surface area contributed by atoms with Crippen LogP contribution < -0.4 is 0 Å². The summed E-state index contributed by atoms with van der Waals surface area (Å²) < 4.78 is 39.4. The van der Waals surface area contributed by atoms with Gasteiger partial charge in [0.15, 0.2) is 5.69 Å². The summed E-state index contributed by atoms with van der Waals surface area (Å²) in [6, 6.07) is 0. The van der Waals surface area contributed by atoms with Gasteiger partial charge in [0.05, 0.1) is 23.5 Å². The minimum absolute atomic E-state index is 0.0984. The molecule has 0 spiro atoms. The minimum atomic E-state index is -4.31. The van der Waals surface area contributed by atoms with Gasteiger partial charge in [-0.3, -0.25) is 14.3 Å². The van der Waals surface area contributed by atoms with Crippen molar-refractivity contribution in [3.05, 3.63) is 32.5 Å². The molecule has 0 N–H and O–H groups in total. The van der Waals surface area contributed by atoms with Crippen molar-refractivity contribution in [2.45, 2.75) is 52.4 Å². The first-order chi connectivity index (χ1) is 14.0. The maximum atomic E-state index is 12.9. The lowest BCUT2D eigenvalue weighted by atomic mass is 10.0. The molecule has 0 aromatic carbocycles. The predicted molar refractivity (Wildman–Crippen MR) is 105 cm³/mol. The van der Waals surface area contributed by atoms with Gasteiger partial charge in [0.1, 0.15) is 0 Å². The molecule has 0 radical (unpaired) electrons. The Bertz CT molecular complexity index is 964. The van der Waals surface area contributed by atoms with Crippen LogP contribution in [0.5, 0.6) is 0 Å². The zero-order valence-corrected chi connectivity index (χ0v) is 18.2. The molecule has 164 valence electrons. The first-order valence-electron chi connectivity index (χ1n) is 9.54. The van der Waals surface area contributed by atoms with E-state index in [0.717, 1.165) is 15.6 Å². The highest BCUT2D eigenvalue weighted by atomic mass is 32.1. The fraction of sp³-hybridized carbons (Fsp3) is 0.579. The fourth-order valence-electron chi connectivity index (χ4n) is 3.49. The van der Waals surface area contributed by atoms with E-state index in [0.29, 0.717) is 24.2 Å². The van der Waals surface area contributed by atoms with E-state index in [1.807, 2.05) is 13.8 Å². The molecule has 7 nitrogen and oxygen atoms in total. The van der Waals surface area contributed by atoms with Gasteiger partial charge in [0, 0.05) is 56.3 Å². The van der Waals surface area contributed by atoms with E-state index in [4.69, 9.17) is 0 Å². The van der Waals surface area contributed by atoms with Crippen LogP contribution >= 0.6 is 11.3 Å². The number of rotatable bonds is 5. The lowest BCUT2D eigenvalue weighted by Crippen LogP contribution is -2.38. The number of aryl methyl sites for hydroxylation is 3. The zero-order chi connectivity index (χ0) is 22.2. The largest absolute Gasteiger partial charge is 0.390 e. The van der Waals surface area contributed by atoms with Crippen molar-refractivity contribution < 1.29 is 22.8 Å². The molecule has 0 atom stereocenters. The molecule has 30 heavy (non-hydrogen) atoms. The van der Waals surface area contributed by atoms with Gasteiger partial charge in [-0.25, -0.2) is 4.98 Å². The molecule has 0 bridgehead atoms. The maximum Gasteiger partial charge on any atom is 0.390 e. The van der Waals surface area contributed by atoms with E-state index in [9.17, 15) is 22.8 Å². The van der Waals surface area contributed by atoms with Gasteiger partial charge in [0.2, 0.25) is 5.91 Å². The maximum absolute atomic E-state index is 12.9. The molecular weight excluding hydrogens is 419 g/mol. The molecule has 0 aliphatic carbocycles. The Morgan fingerprint density at radius 1 is 1.23 bits per heavy atom. The van der Waals surface area contributed by atoms with Crippen LogP contribution in [0.25, 0.3) is 0 Å². The van der Waals surface area contributed by atoms with E-state index in [1.54, 1.807) is 19.0 Å². The molecule has 1 aliphatic rings. The van der Waals surface area contributed by atoms with Crippen LogP contribution in [0.1, 0.15) is 43.7 Å². The molecule has 3 heterocycles. The number of halogens is 3. The quantitative estimate of drug-likeness (QED) is 0.713. The van der Waals surface area contributed by atoms with Crippen molar-refractivity contribution in [1.29, 1.82) is 0 Å². The lowest BCUT2D eigenvalue weighted by Gasteiger charge is -2.28. The van der Waals surface area contributed by atoms with Crippen molar-refractivity contribution in [2.24, 2.45) is 0 Å². The van der Waals surface area contributed by atoms with E-state index in [2.05, 4.69) is 10.1 Å². The third kappa shape index (κ3) is 4.82. The van der Waals surface area contributed by atoms with Crippen LogP contribution in [0.15, 0.2) is 0 Å². The van der Waals surface area contributed by atoms with Crippen LogP contribution in [0.4, 0.5) is 13.2 Å². The Morgan fingerprint density at radius 2 is 1.93 bits per heavy atom.